The van der Waals surface area contributed by atoms with E-state index >= 15 is 0 Å². The predicted octanol–water partition coefficient (Wildman–Crippen LogP) is 5.33. The van der Waals surface area contributed by atoms with E-state index < -0.39 is 15.8 Å². The Morgan fingerprint density at radius 2 is 1.18 bits per heavy atom. The molecular formula is C12H28Cl2NSi2. The molecule has 0 spiro atoms. The van der Waals surface area contributed by atoms with Crippen molar-refractivity contribution >= 4 is 38.0 Å². The Balaban J connectivity index is 5.34. The Morgan fingerprint density at radius 1 is 0.824 bits per heavy atom. The Labute approximate surface area is 120 Å². The van der Waals surface area contributed by atoms with Gasteiger partial charge in [0.25, 0.3) is 0 Å². The highest BCUT2D eigenvalue weighted by molar-refractivity contribution is 7.45. The minimum atomic E-state index is -2.34. The lowest BCUT2D eigenvalue weighted by atomic mass is 10.4. The highest BCUT2D eigenvalue weighted by Gasteiger charge is 2.47. The molecule has 0 bridgehead atoms. The summed E-state index contributed by atoms with van der Waals surface area (Å²) < 4.78 is 2.51. The van der Waals surface area contributed by atoms with E-state index in [-0.39, 0.29) is 0 Å². The molecule has 0 aromatic carbocycles. The van der Waals surface area contributed by atoms with Gasteiger partial charge in [-0.1, -0.05) is 55.4 Å². The molecule has 0 aromatic heterocycles. The highest BCUT2D eigenvalue weighted by Crippen LogP contribution is 2.39. The van der Waals surface area contributed by atoms with E-state index in [0.29, 0.717) is 22.7 Å². The van der Waals surface area contributed by atoms with Crippen LogP contribution in [0.15, 0.2) is 0 Å². The first-order valence-corrected chi connectivity index (χ1v) is 12.2. The molecule has 103 valence electrons. The number of hydrogen-bond donors (Lipinski definition) is 0. The fourth-order valence-corrected chi connectivity index (χ4v) is 13.2. The van der Waals surface area contributed by atoms with Gasteiger partial charge in [-0.05, 0) is 22.7 Å². The third-order valence-electron chi connectivity index (χ3n) is 2.99. The van der Waals surface area contributed by atoms with Gasteiger partial charge in [-0.25, -0.2) is 0 Å². The molecule has 0 amide bonds. The molecule has 0 aliphatic rings. The van der Waals surface area contributed by atoms with Crippen LogP contribution in [-0.4, -0.2) is 26.1 Å². The van der Waals surface area contributed by atoms with Crippen molar-refractivity contribution in [3.63, 3.8) is 0 Å². The first-order chi connectivity index (χ1) is 7.53. The molecule has 0 rings (SSSR count). The van der Waals surface area contributed by atoms with Crippen LogP contribution >= 0.6 is 22.2 Å². The van der Waals surface area contributed by atoms with Crippen LogP contribution in [0.1, 0.15) is 55.4 Å². The monoisotopic (exact) mass is 312 g/mol. The summed E-state index contributed by atoms with van der Waals surface area (Å²) in [5.41, 5.74) is 1.71. The zero-order valence-electron chi connectivity index (χ0n) is 12.5. The first-order valence-electron chi connectivity index (χ1n) is 6.57. The van der Waals surface area contributed by atoms with Gasteiger partial charge in [0.2, 0.25) is 0 Å². The second kappa shape index (κ2) is 6.94. The molecule has 0 aromatic rings. The van der Waals surface area contributed by atoms with Crippen LogP contribution in [0.2, 0.25) is 16.6 Å². The van der Waals surface area contributed by atoms with Crippen LogP contribution in [0.5, 0.6) is 0 Å². The van der Waals surface area contributed by atoms with Gasteiger partial charge in [0.1, 0.15) is 8.96 Å². The van der Waals surface area contributed by atoms with E-state index in [4.69, 9.17) is 22.2 Å². The van der Waals surface area contributed by atoms with Crippen molar-refractivity contribution in [2.75, 3.05) is 0 Å². The molecule has 1 radical (unpaired) electrons. The maximum absolute atomic E-state index is 6.77. The SMILES string of the molecule is CC(C)N([Si](C(C)C)C(C)C)[Si](Cl)(Cl)C(C)C. The van der Waals surface area contributed by atoms with Crippen molar-refractivity contribution < 1.29 is 0 Å². The molecule has 0 atom stereocenters. The zero-order valence-corrected chi connectivity index (χ0v) is 16.0. The van der Waals surface area contributed by atoms with Gasteiger partial charge >= 0.3 is 6.86 Å². The zero-order chi connectivity index (χ0) is 14.0. The van der Waals surface area contributed by atoms with Crippen LogP contribution in [0.3, 0.4) is 0 Å². The Kier molecular flexibility index (Phi) is 7.34. The topological polar surface area (TPSA) is 3.24 Å². The van der Waals surface area contributed by atoms with Gasteiger partial charge in [0.05, 0.1) is 0 Å². The molecule has 0 aliphatic carbocycles. The van der Waals surface area contributed by atoms with Crippen molar-refractivity contribution in [2.24, 2.45) is 0 Å². The molecular weight excluding hydrogens is 285 g/mol. The molecule has 0 unspecified atom stereocenters. The summed E-state index contributed by atoms with van der Waals surface area (Å²) >= 11 is 13.5. The van der Waals surface area contributed by atoms with Crippen LogP contribution in [0.25, 0.3) is 0 Å². The quantitative estimate of drug-likeness (QED) is 0.473. The third-order valence-corrected chi connectivity index (χ3v) is 15.4. The first kappa shape index (κ1) is 18.0. The van der Waals surface area contributed by atoms with Gasteiger partial charge in [0.15, 0.2) is 0 Å². The maximum atomic E-state index is 6.77. The van der Waals surface area contributed by atoms with E-state index in [1.807, 2.05) is 0 Å². The van der Waals surface area contributed by atoms with Crippen molar-refractivity contribution in [3.8, 4) is 0 Å². The highest BCUT2D eigenvalue weighted by atomic mass is 35.7. The molecule has 5 heteroatoms. The van der Waals surface area contributed by atoms with Crippen LogP contribution in [0.4, 0.5) is 0 Å². The fraction of sp³-hybridized carbons (Fsp3) is 1.00. The summed E-state index contributed by atoms with van der Waals surface area (Å²) in [6.07, 6.45) is 0. The van der Waals surface area contributed by atoms with E-state index in [9.17, 15) is 0 Å². The Hall–Kier alpha value is 0.974. The number of hydrogen-bond acceptors (Lipinski definition) is 1. The summed E-state index contributed by atoms with van der Waals surface area (Å²) in [4.78, 5) is 0. The average molecular weight is 313 g/mol. The maximum Gasteiger partial charge on any atom is 0.321 e. The van der Waals surface area contributed by atoms with Crippen LogP contribution < -0.4 is 0 Å². The molecule has 0 N–H and O–H groups in total. The van der Waals surface area contributed by atoms with E-state index in [1.54, 1.807) is 0 Å². The van der Waals surface area contributed by atoms with Crippen molar-refractivity contribution in [2.45, 2.75) is 78.1 Å². The van der Waals surface area contributed by atoms with Gasteiger partial charge in [-0.2, -0.15) is 0 Å². The molecule has 1 nitrogen and oxygen atoms in total. The Bertz CT molecular complexity index is 223. The molecule has 0 aliphatic heterocycles. The van der Waals surface area contributed by atoms with Crippen molar-refractivity contribution in [1.82, 2.24) is 4.23 Å². The van der Waals surface area contributed by atoms with Crippen molar-refractivity contribution in [3.05, 3.63) is 0 Å². The smallest absolute Gasteiger partial charge is 0.319 e. The summed E-state index contributed by atoms with van der Waals surface area (Å²) in [5, 5.41) is 0. The van der Waals surface area contributed by atoms with Crippen molar-refractivity contribution in [1.29, 1.82) is 0 Å². The lowest BCUT2D eigenvalue weighted by molar-refractivity contribution is 0.502. The largest absolute Gasteiger partial charge is 0.321 e. The van der Waals surface area contributed by atoms with Crippen LogP contribution in [0, 0.1) is 0 Å². The summed E-state index contributed by atoms with van der Waals surface area (Å²) in [6.45, 7) is 15.7. The number of nitrogens with zero attached hydrogens (tertiary/aromatic N) is 1. The predicted molar refractivity (Wildman–Crippen MR) is 85.5 cm³/mol. The number of halogens is 2. The van der Waals surface area contributed by atoms with E-state index in [1.165, 1.54) is 0 Å². The second-order valence-corrected chi connectivity index (χ2v) is 16.9. The summed E-state index contributed by atoms with van der Waals surface area (Å²) in [5.74, 6) is 0. The van der Waals surface area contributed by atoms with E-state index in [0.717, 1.165) is 0 Å². The summed E-state index contributed by atoms with van der Waals surface area (Å²) in [6, 6.07) is 0.442. The molecule has 0 heterocycles. The third kappa shape index (κ3) is 4.53. The fourth-order valence-electron chi connectivity index (χ4n) is 2.32. The van der Waals surface area contributed by atoms with Gasteiger partial charge in [0, 0.05) is 0 Å². The van der Waals surface area contributed by atoms with Gasteiger partial charge in [-0.3, -0.25) is 0 Å². The Morgan fingerprint density at radius 3 is 1.35 bits per heavy atom. The molecule has 0 saturated carbocycles. The molecule has 0 saturated heterocycles. The number of rotatable bonds is 6. The van der Waals surface area contributed by atoms with Gasteiger partial charge in [-0.15, -0.1) is 22.2 Å². The standard InChI is InChI=1S/C12H28Cl2NSi2/c1-9(2)15(17(13,14)12(7)8)16(10(3)4)11(5)6/h9-12H,1-8H3. The average Bonchev–Trinajstić information content (AvgIpc) is 2.10. The minimum Gasteiger partial charge on any atom is -0.319 e. The second-order valence-electron chi connectivity index (χ2n) is 5.94. The normalized spacial score (nSPS) is 14.1. The molecule has 0 fully saturated rings. The molecule has 17 heavy (non-hydrogen) atoms. The summed E-state index contributed by atoms with van der Waals surface area (Å²) in [7, 11) is -0.687. The lowest BCUT2D eigenvalue weighted by Crippen LogP contribution is -2.60. The van der Waals surface area contributed by atoms with Crippen LogP contribution in [-0.2, 0) is 0 Å². The van der Waals surface area contributed by atoms with Gasteiger partial charge < -0.3 is 4.23 Å². The minimum absolute atomic E-state index is 0.366. The van der Waals surface area contributed by atoms with E-state index in [2.05, 4.69) is 59.6 Å². The lowest BCUT2D eigenvalue weighted by Gasteiger charge is -2.46.